The Labute approximate surface area is 160 Å². The topological polar surface area (TPSA) is 108 Å². The molecular formula is C19H32N2O6. The second kappa shape index (κ2) is 9.71. The van der Waals surface area contributed by atoms with E-state index in [1.807, 2.05) is 13.8 Å². The number of ether oxygens (including phenoxy) is 2. The average Bonchev–Trinajstić information content (AvgIpc) is 2.51. The Morgan fingerprint density at radius 3 is 2.48 bits per heavy atom. The number of esters is 1. The van der Waals surface area contributed by atoms with Gasteiger partial charge in [0.05, 0.1) is 12.5 Å². The van der Waals surface area contributed by atoms with Crippen molar-refractivity contribution in [2.75, 3.05) is 6.61 Å². The molecule has 0 radical (unpaired) electrons. The predicted molar refractivity (Wildman–Crippen MR) is 101 cm³/mol. The second-order valence-electron chi connectivity index (χ2n) is 8.29. The molecule has 8 nitrogen and oxygen atoms in total. The fourth-order valence-corrected chi connectivity index (χ4v) is 3.26. The third kappa shape index (κ3) is 7.56. The summed E-state index contributed by atoms with van der Waals surface area (Å²) in [5.74, 6) is -0.704. The van der Waals surface area contributed by atoms with Crippen molar-refractivity contribution >= 4 is 12.1 Å². The Morgan fingerprint density at radius 2 is 2.00 bits per heavy atom. The molecule has 1 rings (SSSR count). The van der Waals surface area contributed by atoms with E-state index in [4.69, 9.17) is 9.47 Å². The SMILES string of the molecule is CCOC(=O)C1=CC[C@@H]([C@H](CC(C)C)NC(=O)OC(C)(C)C)[C@H]([N+](=O)[O-])C1. The van der Waals surface area contributed by atoms with Gasteiger partial charge in [-0.1, -0.05) is 19.9 Å². The fourth-order valence-electron chi connectivity index (χ4n) is 3.26. The Kier molecular flexibility index (Phi) is 8.24. The summed E-state index contributed by atoms with van der Waals surface area (Å²) in [5.41, 5.74) is -0.325. The molecule has 0 spiro atoms. The van der Waals surface area contributed by atoms with Crippen molar-refractivity contribution < 1.29 is 24.0 Å². The zero-order chi connectivity index (χ0) is 20.8. The summed E-state index contributed by atoms with van der Waals surface area (Å²) in [6.07, 6.45) is 2.02. The quantitative estimate of drug-likeness (QED) is 0.409. The minimum Gasteiger partial charge on any atom is -0.463 e. The van der Waals surface area contributed by atoms with Crippen LogP contribution in [0.3, 0.4) is 0 Å². The first kappa shape index (κ1) is 22.9. The lowest BCUT2D eigenvalue weighted by atomic mass is 9.78. The monoisotopic (exact) mass is 384 g/mol. The minimum atomic E-state index is -0.965. The van der Waals surface area contributed by atoms with E-state index in [0.717, 1.165) is 0 Å². The summed E-state index contributed by atoms with van der Waals surface area (Å²) in [5, 5.41) is 14.5. The molecule has 0 saturated heterocycles. The van der Waals surface area contributed by atoms with Crippen LogP contribution in [0.2, 0.25) is 0 Å². The van der Waals surface area contributed by atoms with E-state index in [-0.39, 0.29) is 23.9 Å². The van der Waals surface area contributed by atoms with E-state index >= 15 is 0 Å². The number of rotatable bonds is 7. The molecule has 1 aliphatic carbocycles. The van der Waals surface area contributed by atoms with Gasteiger partial charge in [-0.15, -0.1) is 0 Å². The predicted octanol–water partition coefficient (Wildman–Crippen LogP) is 3.47. The molecule has 1 N–H and O–H groups in total. The summed E-state index contributed by atoms with van der Waals surface area (Å²) < 4.78 is 10.3. The number of hydrogen-bond acceptors (Lipinski definition) is 6. The molecule has 1 aliphatic rings. The van der Waals surface area contributed by atoms with Crippen molar-refractivity contribution in [3.05, 3.63) is 21.8 Å². The zero-order valence-electron chi connectivity index (χ0n) is 17.1. The van der Waals surface area contributed by atoms with Crippen LogP contribution in [-0.2, 0) is 14.3 Å². The van der Waals surface area contributed by atoms with Gasteiger partial charge in [0, 0.05) is 23.0 Å². The third-order valence-corrected chi connectivity index (χ3v) is 4.31. The van der Waals surface area contributed by atoms with Crippen LogP contribution in [0.5, 0.6) is 0 Å². The summed E-state index contributed by atoms with van der Waals surface area (Å²) in [4.78, 5) is 35.5. The number of carbonyl (C=O) groups excluding carboxylic acids is 2. The molecule has 0 fully saturated rings. The smallest absolute Gasteiger partial charge is 0.407 e. The van der Waals surface area contributed by atoms with E-state index in [1.165, 1.54) is 0 Å². The average molecular weight is 384 g/mol. The molecule has 0 unspecified atom stereocenters. The lowest BCUT2D eigenvalue weighted by Crippen LogP contribution is -2.50. The van der Waals surface area contributed by atoms with E-state index in [9.17, 15) is 19.7 Å². The molecule has 154 valence electrons. The molecule has 8 heteroatoms. The van der Waals surface area contributed by atoms with E-state index in [2.05, 4.69) is 5.32 Å². The Balaban J connectivity index is 3.02. The van der Waals surface area contributed by atoms with E-state index in [0.29, 0.717) is 18.4 Å². The van der Waals surface area contributed by atoms with Crippen LogP contribution in [-0.4, -0.2) is 41.3 Å². The highest BCUT2D eigenvalue weighted by molar-refractivity contribution is 5.88. The van der Waals surface area contributed by atoms with Crippen molar-refractivity contribution in [2.24, 2.45) is 11.8 Å². The molecule has 3 atom stereocenters. The maximum atomic E-state index is 12.2. The van der Waals surface area contributed by atoms with Gasteiger partial charge in [-0.2, -0.15) is 0 Å². The highest BCUT2D eigenvalue weighted by atomic mass is 16.6. The lowest BCUT2D eigenvalue weighted by Gasteiger charge is -2.33. The summed E-state index contributed by atoms with van der Waals surface area (Å²) in [7, 11) is 0. The first-order valence-electron chi connectivity index (χ1n) is 9.43. The van der Waals surface area contributed by atoms with Crippen LogP contribution in [0, 0.1) is 22.0 Å². The Morgan fingerprint density at radius 1 is 1.37 bits per heavy atom. The van der Waals surface area contributed by atoms with Gasteiger partial charge < -0.3 is 14.8 Å². The Bertz CT molecular complexity index is 579. The Hall–Kier alpha value is -2.12. The molecular weight excluding hydrogens is 352 g/mol. The normalized spacial score (nSPS) is 21.2. The van der Waals surface area contributed by atoms with Crippen molar-refractivity contribution in [1.29, 1.82) is 0 Å². The van der Waals surface area contributed by atoms with Gasteiger partial charge in [0.1, 0.15) is 5.60 Å². The summed E-state index contributed by atoms with van der Waals surface area (Å²) >= 11 is 0. The van der Waals surface area contributed by atoms with Crippen LogP contribution in [0.1, 0.15) is 60.8 Å². The first-order chi connectivity index (χ1) is 12.4. The highest BCUT2D eigenvalue weighted by Gasteiger charge is 2.42. The second-order valence-corrected chi connectivity index (χ2v) is 8.29. The minimum absolute atomic E-state index is 0.00109. The van der Waals surface area contributed by atoms with Crippen molar-refractivity contribution in [1.82, 2.24) is 5.32 Å². The highest BCUT2D eigenvalue weighted by Crippen LogP contribution is 2.32. The molecule has 0 aromatic rings. The number of hydrogen-bond donors (Lipinski definition) is 1. The number of nitrogens with zero attached hydrogens (tertiary/aromatic N) is 1. The molecule has 1 amide bonds. The van der Waals surface area contributed by atoms with Gasteiger partial charge in [0.15, 0.2) is 0 Å². The standard InChI is InChI=1S/C19H32N2O6/c1-7-26-17(22)13-8-9-14(16(11-13)21(24)25)15(10-12(2)3)20-18(23)27-19(4,5)6/h8,12,14-16H,7,9-11H2,1-6H3,(H,20,23)/t14-,15-,16+/m0/s1. The number of allylic oxidation sites excluding steroid dienone is 1. The number of carbonyl (C=O) groups is 2. The number of amides is 1. The summed E-state index contributed by atoms with van der Waals surface area (Å²) in [6.45, 7) is 11.2. The molecule has 0 saturated carbocycles. The first-order valence-corrected chi connectivity index (χ1v) is 9.43. The lowest BCUT2D eigenvalue weighted by molar-refractivity contribution is -0.533. The van der Waals surface area contributed by atoms with Crippen LogP contribution in [0.4, 0.5) is 4.79 Å². The van der Waals surface area contributed by atoms with Gasteiger partial charge in [-0.25, -0.2) is 9.59 Å². The third-order valence-electron chi connectivity index (χ3n) is 4.31. The van der Waals surface area contributed by atoms with Gasteiger partial charge in [-0.05, 0) is 46.5 Å². The van der Waals surface area contributed by atoms with E-state index in [1.54, 1.807) is 33.8 Å². The van der Waals surface area contributed by atoms with Crippen molar-refractivity contribution in [3.63, 3.8) is 0 Å². The van der Waals surface area contributed by atoms with Crippen LogP contribution < -0.4 is 5.32 Å². The van der Waals surface area contributed by atoms with Crippen LogP contribution in [0.25, 0.3) is 0 Å². The van der Waals surface area contributed by atoms with Crippen molar-refractivity contribution in [2.45, 2.75) is 78.5 Å². The molecule has 27 heavy (non-hydrogen) atoms. The molecule has 0 aromatic heterocycles. The number of alkyl carbamates (subject to hydrolysis) is 1. The largest absolute Gasteiger partial charge is 0.463 e. The fraction of sp³-hybridized carbons (Fsp3) is 0.789. The maximum absolute atomic E-state index is 12.2. The molecule has 0 aromatic carbocycles. The zero-order valence-corrected chi connectivity index (χ0v) is 17.1. The van der Waals surface area contributed by atoms with E-state index < -0.39 is 35.7 Å². The van der Waals surface area contributed by atoms with Gasteiger partial charge in [-0.3, -0.25) is 10.1 Å². The van der Waals surface area contributed by atoms with Gasteiger partial charge in [0.2, 0.25) is 6.04 Å². The van der Waals surface area contributed by atoms with Gasteiger partial charge >= 0.3 is 12.1 Å². The molecule has 0 heterocycles. The number of nitro groups is 1. The van der Waals surface area contributed by atoms with Gasteiger partial charge in [0.25, 0.3) is 0 Å². The molecule has 0 bridgehead atoms. The van der Waals surface area contributed by atoms with Crippen LogP contribution in [0.15, 0.2) is 11.6 Å². The summed E-state index contributed by atoms with van der Waals surface area (Å²) in [6, 6.07) is -1.39. The molecule has 0 aliphatic heterocycles. The van der Waals surface area contributed by atoms with Crippen molar-refractivity contribution in [3.8, 4) is 0 Å². The number of nitrogens with one attached hydrogen (secondary N) is 1. The van der Waals surface area contributed by atoms with Crippen LogP contribution >= 0.6 is 0 Å². The maximum Gasteiger partial charge on any atom is 0.407 e.